The number of fused-ring (bicyclic) bond motifs is 1. The van der Waals surface area contributed by atoms with Crippen molar-refractivity contribution in [2.45, 2.75) is 44.1 Å². The summed E-state index contributed by atoms with van der Waals surface area (Å²) in [7, 11) is 0. The molecule has 0 saturated carbocycles. The molecule has 1 fully saturated rings. The molecule has 4 atom stereocenters. The topological polar surface area (TPSA) is 104 Å². The highest BCUT2D eigenvalue weighted by atomic mass is 16.6. The quantitative estimate of drug-likeness (QED) is 0.416. The molecule has 0 amide bonds. The van der Waals surface area contributed by atoms with E-state index in [0.717, 1.165) is 16.8 Å². The maximum absolute atomic E-state index is 10.2. The van der Waals surface area contributed by atoms with E-state index >= 15 is 0 Å². The van der Waals surface area contributed by atoms with Gasteiger partial charge in [0.1, 0.15) is 35.8 Å². The summed E-state index contributed by atoms with van der Waals surface area (Å²) in [5, 5.41) is 14.6. The first-order valence-electron chi connectivity index (χ1n) is 11.3. The van der Waals surface area contributed by atoms with E-state index < -0.39 is 23.9 Å². The highest BCUT2D eigenvalue weighted by Gasteiger charge is 2.56. The van der Waals surface area contributed by atoms with E-state index in [-0.39, 0.29) is 6.61 Å². The summed E-state index contributed by atoms with van der Waals surface area (Å²) in [6.45, 7) is 2.48. The smallest absolute Gasteiger partial charge is 0.151 e. The van der Waals surface area contributed by atoms with Crippen molar-refractivity contribution >= 4 is 11.3 Å². The summed E-state index contributed by atoms with van der Waals surface area (Å²) in [6, 6.07) is 23.6. The van der Waals surface area contributed by atoms with Gasteiger partial charge in [0, 0.05) is 0 Å². The minimum absolute atomic E-state index is 0.208. The third-order valence-electron chi connectivity index (χ3n) is 6.33. The molecule has 8 nitrogen and oxygen atoms in total. The van der Waals surface area contributed by atoms with Crippen LogP contribution < -0.4 is 5.73 Å². The van der Waals surface area contributed by atoms with Crippen molar-refractivity contribution in [1.82, 2.24) is 14.6 Å². The Morgan fingerprint density at radius 1 is 0.971 bits per heavy atom. The first kappa shape index (κ1) is 22.5. The van der Waals surface area contributed by atoms with Gasteiger partial charge in [0.25, 0.3) is 0 Å². The number of rotatable bonds is 8. The second kappa shape index (κ2) is 9.52. The van der Waals surface area contributed by atoms with Gasteiger partial charge in [0.15, 0.2) is 5.82 Å². The molecule has 0 radical (unpaired) electrons. The lowest BCUT2D eigenvalue weighted by Crippen LogP contribution is -2.43. The number of nitrogen functional groups attached to an aromatic ring is 1. The van der Waals surface area contributed by atoms with E-state index in [4.69, 9.17) is 19.9 Å². The number of nitrogens with zero attached hydrogens (tertiary/aromatic N) is 3. The Hall–Kier alpha value is -3.30. The maximum atomic E-state index is 10.2. The van der Waals surface area contributed by atoms with E-state index in [1.54, 1.807) is 4.52 Å². The molecular formula is C26H28N4O4. The molecule has 0 bridgehead atoms. The number of benzene rings is 2. The standard InChI is InChI=1S/C26H28N4O4/c1-26(22-13-12-20-25(27)28-17-29-30(20)22)24(33-16-19-10-6-3-7-11-19)23(21(14-31)34-26)32-15-18-8-4-2-5-9-18/h2-13,17,21,23-24,31H,14-16H2,1H3,(H2,27,28,29)/t21-,23-,24-,26+/m1/s1. The Labute approximate surface area is 197 Å². The molecule has 0 aliphatic carbocycles. The van der Waals surface area contributed by atoms with Gasteiger partial charge in [-0.15, -0.1) is 0 Å². The molecule has 4 aromatic rings. The van der Waals surface area contributed by atoms with Crippen molar-refractivity contribution in [3.63, 3.8) is 0 Å². The van der Waals surface area contributed by atoms with Gasteiger partial charge in [-0.05, 0) is 30.2 Å². The number of hydrogen-bond acceptors (Lipinski definition) is 7. The van der Waals surface area contributed by atoms with Gasteiger partial charge in [-0.2, -0.15) is 5.10 Å². The summed E-state index contributed by atoms with van der Waals surface area (Å²) >= 11 is 0. The molecule has 1 aliphatic rings. The maximum Gasteiger partial charge on any atom is 0.151 e. The van der Waals surface area contributed by atoms with Crippen LogP contribution in [0, 0.1) is 0 Å². The largest absolute Gasteiger partial charge is 0.394 e. The zero-order valence-corrected chi connectivity index (χ0v) is 18.9. The Balaban J connectivity index is 1.51. The van der Waals surface area contributed by atoms with Crippen molar-refractivity contribution < 1.29 is 19.3 Å². The predicted octanol–water partition coefficient (Wildman–Crippen LogP) is 3.09. The average Bonchev–Trinajstić information content (AvgIpc) is 3.43. The van der Waals surface area contributed by atoms with Crippen LogP contribution in [0.4, 0.5) is 5.82 Å². The van der Waals surface area contributed by atoms with Crippen molar-refractivity contribution in [1.29, 1.82) is 0 Å². The molecular weight excluding hydrogens is 432 g/mol. The molecule has 3 N–H and O–H groups in total. The monoisotopic (exact) mass is 460 g/mol. The fraction of sp³-hybridized carbons (Fsp3) is 0.308. The van der Waals surface area contributed by atoms with Gasteiger partial charge in [0.2, 0.25) is 0 Å². The van der Waals surface area contributed by atoms with Crippen LogP contribution in [-0.4, -0.2) is 44.6 Å². The fourth-order valence-electron chi connectivity index (χ4n) is 4.61. The lowest BCUT2D eigenvalue weighted by molar-refractivity contribution is -0.116. The number of nitrogens with two attached hydrogens (primary N) is 1. The number of aromatic nitrogens is 3. The second-order valence-corrected chi connectivity index (χ2v) is 8.59. The number of aliphatic hydroxyl groups excluding tert-OH is 1. The predicted molar refractivity (Wildman–Crippen MR) is 127 cm³/mol. The second-order valence-electron chi connectivity index (χ2n) is 8.59. The van der Waals surface area contributed by atoms with Crippen LogP contribution in [0.3, 0.4) is 0 Å². The molecule has 2 aromatic heterocycles. The number of aliphatic hydroxyl groups is 1. The summed E-state index contributed by atoms with van der Waals surface area (Å²) in [6.07, 6.45) is -0.206. The minimum atomic E-state index is -0.962. The van der Waals surface area contributed by atoms with Crippen LogP contribution in [-0.2, 0) is 33.0 Å². The van der Waals surface area contributed by atoms with Gasteiger partial charge in [-0.3, -0.25) is 0 Å². The summed E-state index contributed by atoms with van der Waals surface area (Å²) in [4.78, 5) is 4.08. The minimum Gasteiger partial charge on any atom is -0.394 e. The number of ether oxygens (including phenoxy) is 3. The molecule has 3 heterocycles. The lowest BCUT2D eigenvalue weighted by atomic mass is 9.92. The molecule has 0 spiro atoms. The zero-order chi connectivity index (χ0) is 23.5. The third kappa shape index (κ3) is 4.17. The molecule has 8 heteroatoms. The Morgan fingerprint density at radius 3 is 2.26 bits per heavy atom. The Morgan fingerprint density at radius 2 is 1.62 bits per heavy atom. The van der Waals surface area contributed by atoms with Crippen LogP contribution in [0.2, 0.25) is 0 Å². The zero-order valence-electron chi connectivity index (χ0n) is 18.9. The summed E-state index contributed by atoms with van der Waals surface area (Å²) in [5.41, 5.74) is 8.60. The number of anilines is 1. The van der Waals surface area contributed by atoms with Crippen LogP contribution in [0.15, 0.2) is 79.1 Å². The fourth-order valence-corrected chi connectivity index (χ4v) is 4.61. The van der Waals surface area contributed by atoms with Gasteiger partial charge in [0.05, 0.1) is 25.5 Å². The first-order valence-corrected chi connectivity index (χ1v) is 11.3. The SMILES string of the molecule is C[C@@]1(c2ccc3c(N)ncnn23)O[C@H](CO)[C@@H](OCc2ccccc2)[C@H]1OCc1ccccc1. The molecule has 34 heavy (non-hydrogen) atoms. The average molecular weight is 461 g/mol. The Bertz CT molecular complexity index is 1230. The van der Waals surface area contributed by atoms with Crippen LogP contribution in [0.25, 0.3) is 5.52 Å². The van der Waals surface area contributed by atoms with Gasteiger partial charge < -0.3 is 25.1 Å². The van der Waals surface area contributed by atoms with Crippen molar-refractivity contribution in [2.24, 2.45) is 0 Å². The molecule has 2 aromatic carbocycles. The highest BCUT2D eigenvalue weighted by molar-refractivity contribution is 5.65. The van der Waals surface area contributed by atoms with E-state index in [0.29, 0.717) is 24.5 Å². The Kier molecular flexibility index (Phi) is 6.30. The van der Waals surface area contributed by atoms with Crippen LogP contribution in [0.5, 0.6) is 0 Å². The lowest BCUT2D eigenvalue weighted by Gasteiger charge is -2.32. The summed E-state index contributed by atoms with van der Waals surface area (Å²) in [5.74, 6) is 0.375. The normalized spacial score (nSPS) is 24.6. The van der Waals surface area contributed by atoms with Gasteiger partial charge in [-0.25, -0.2) is 9.50 Å². The molecule has 176 valence electrons. The van der Waals surface area contributed by atoms with Crippen molar-refractivity contribution in [2.75, 3.05) is 12.3 Å². The van der Waals surface area contributed by atoms with Crippen LogP contribution >= 0.6 is 0 Å². The van der Waals surface area contributed by atoms with Crippen LogP contribution in [0.1, 0.15) is 23.7 Å². The van der Waals surface area contributed by atoms with E-state index in [9.17, 15) is 5.11 Å². The van der Waals surface area contributed by atoms with Gasteiger partial charge in [-0.1, -0.05) is 60.7 Å². The third-order valence-corrected chi connectivity index (χ3v) is 6.33. The molecule has 0 unspecified atom stereocenters. The molecule has 1 saturated heterocycles. The summed E-state index contributed by atoms with van der Waals surface area (Å²) < 4.78 is 21.0. The van der Waals surface area contributed by atoms with Crippen molar-refractivity contribution in [3.05, 3.63) is 95.9 Å². The van der Waals surface area contributed by atoms with E-state index in [1.807, 2.05) is 79.7 Å². The van der Waals surface area contributed by atoms with Crippen molar-refractivity contribution in [3.8, 4) is 0 Å². The first-order chi connectivity index (χ1) is 16.6. The molecule has 1 aliphatic heterocycles. The molecule has 5 rings (SSSR count). The number of hydrogen-bond donors (Lipinski definition) is 2. The van der Waals surface area contributed by atoms with E-state index in [2.05, 4.69) is 10.1 Å². The van der Waals surface area contributed by atoms with Gasteiger partial charge >= 0.3 is 0 Å². The highest BCUT2D eigenvalue weighted by Crippen LogP contribution is 2.43. The van der Waals surface area contributed by atoms with E-state index in [1.165, 1.54) is 6.33 Å².